The van der Waals surface area contributed by atoms with Crippen molar-refractivity contribution in [3.05, 3.63) is 82.5 Å². The Kier molecular flexibility index (Phi) is 12.2. The number of carboxylic acid groups (broad SMARTS) is 1. The first-order valence-corrected chi connectivity index (χ1v) is 16.6. The van der Waals surface area contributed by atoms with E-state index in [0.717, 1.165) is 27.4 Å². The third kappa shape index (κ3) is 9.25. The van der Waals surface area contributed by atoms with Gasteiger partial charge in [-0.2, -0.15) is 0 Å². The van der Waals surface area contributed by atoms with Gasteiger partial charge in [0.15, 0.2) is 0 Å². The van der Waals surface area contributed by atoms with E-state index in [1.807, 2.05) is 6.07 Å². The zero-order valence-corrected chi connectivity index (χ0v) is 33.0. The molecule has 0 unspecified atom stereocenters. The Morgan fingerprint density at radius 2 is 1.20 bits per heavy atom. The summed E-state index contributed by atoms with van der Waals surface area (Å²) in [5.41, 5.74) is 18.0. The molecule has 2 aliphatic carbocycles. The zero-order chi connectivity index (χ0) is 35.2. The first-order chi connectivity index (χ1) is 23.1. The van der Waals surface area contributed by atoms with Crippen LogP contribution in [0.4, 0.5) is 11.6 Å². The molecular formula is C38H48KN9O3. The molecule has 0 saturated heterocycles. The fraction of sp³-hybridized carbons (Fsp3) is 0.421. The van der Waals surface area contributed by atoms with Gasteiger partial charge in [0.05, 0.1) is 17.6 Å². The van der Waals surface area contributed by atoms with Crippen molar-refractivity contribution in [3.63, 3.8) is 0 Å². The number of carbonyl (C=O) groups excluding carboxylic acids is 1. The Morgan fingerprint density at radius 3 is 1.61 bits per heavy atom. The van der Waals surface area contributed by atoms with Gasteiger partial charge in [-0.1, -0.05) is 61.1 Å². The van der Waals surface area contributed by atoms with Crippen molar-refractivity contribution in [2.75, 3.05) is 11.5 Å². The number of nitrogens with two attached hydrogens (primary N) is 2. The summed E-state index contributed by atoms with van der Waals surface area (Å²) in [6, 6.07) is 10.2. The van der Waals surface area contributed by atoms with Crippen LogP contribution in [-0.4, -0.2) is 46.9 Å². The number of nitrogens with zero attached hydrogens (tertiary/aromatic N) is 6. The smallest absolute Gasteiger partial charge is 1.00 e. The van der Waals surface area contributed by atoms with Crippen LogP contribution in [0.25, 0.3) is 21.8 Å². The SMILES string of the molecule is C.CC(C)(C)c1cc(C2CC2)cc2c(N)nc(C(=O)NCc3ncccn3)nc12.CC(C)(C)c1cc(C2CC2)cc2c(N)nc(C(=O)O)nc12.[H-].[K+]. The summed E-state index contributed by atoms with van der Waals surface area (Å²) in [5, 5.41) is 13.5. The van der Waals surface area contributed by atoms with Crippen LogP contribution in [0.15, 0.2) is 42.7 Å². The molecule has 3 aromatic heterocycles. The number of carboxylic acids is 1. The van der Waals surface area contributed by atoms with E-state index >= 15 is 0 Å². The average Bonchev–Trinajstić information content (AvgIpc) is 3.96. The van der Waals surface area contributed by atoms with Gasteiger partial charge in [0.25, 0.3) is 5.91 Å². The van der Waals surface area contributed by atoms with Crippen molar-refractivity contribution in [2.45, 2.75) is 104 Å². The van der Waals surface area contributed by atoms with Crippen LogP contribution in [-0.2, 0) is 17.4 Å². The van der Waals surface area contributed by atoms with Gasteiger partial charge < -0.3 is 23.3 Å². The molecule has 12 nitrogen and oxygen atoms in total. The monoisotopic (exact) mass is 717 g/mol. The van der Waals surface area contributed by atoms with Gasteiger partial charge in [0.1, 0.15) is 17.5 Å². The largest absolute Gasteiger partial charge is 1.00 e. The molecule has 0 spiro atoms. The number of nitrogen functional groups attached to an aromatic ring is 2. The van der Waals surface area contributed by atoms with Crippen LogP contribution in [0.1, 0.15) is 137 Å². The van der Waals surface area contributed by atoms with Gasteiger partial charge in [-0.25, -0.2) is 34.7 Å². The number of anilines is 2. The van der Waals surface area contributed by atoms with E-state index in [0.29, 0.717) is 29.0 Å². The molecule has 5 aromatic rings. The second-order valence-corrected chi connectivity index (χ2v) is 15.0. The second kappa shape index (κ2) is 15.5. The number of nitrogens with one attached hydrogen (secondary N) is 1. The molecule has 2 saturated carbocycles. The molecule has 7 rings (SSSR count). The Labute approximate surface area is 343 Å². The van der Waals surface area contributed by atoms with E-state index in [1.165, 1.54) is 36.8 Å². The van der Waals surface area contributed by atoms with E-state index < -0.39 is 11.9 Å². The van der Waals surface area contributed by atoms with Gasteiger partial charge in [0, 0.05) is 23.2 Å². The van der Waals surface area contributed by atoms with Gasteiger partial charge in [-0.15, -0.1) is 0 Å². The molecule has 2 aliphatic rings. The number of benzene rings is 2. The van der Waals surface area contributed by atoms with Crippen LogP contribution in [0.2, 0.25) is 0 Å². The number of aromatic carboxylic acids is 1. The Balaban J connectivity index is 0.000000275. The van der Waals surface area contributed by atoms with E-state index in [1.54, 1.807) is 18.5 Å². The van der Waals surface area contributed by atoms with Crippen LogP contribution < -0.4 is 68.2 Å². The van der Waals surface area contributed by atoms with Gasteiger partial charge >= 0.3 is 57.4 Å². The quantitative estimate of drug-likeness (QED) is 0.186. The molecule has 0 atom stereocenters. The maximum absolute atomic E-state index is 12.6. The van der Waals surface area contributed by atoms with Crippen LogP contribution in [0.5, 0.6) is 0 Å². The predicted molar refractivity (Wildman–Crippen MR) is 197 cm³/mol. The third-order valence-electron chi connectivity index (χ3n) is 8.84. The minimum Gasteiger partial charge on any atom is -1.00 e. The first kappa shape index (κ1) is 40.2. The summed E-state index contributed by atoms with van der Waals surface area (Å²) in [4.78, 5) is 49.0. The van der Waals surface area contributed by atoms with Crippen molar-refractivity contribution >= 4 is 45.3 Å². The zero-order valence-electron chi connectivity index (χ0n) is 30.8. The number of amides is 1. The van der Waals surface area contributed by atoms with Crippen molar-refractivity contribution in [1.29, 1.82) is 0 Å². The van der Waals surface area contributed by atoms with Gasteiger partial charge in [-0.3, -0.25) is 4.79 Å². The van der Waals surface area contributed by atoms with Crippen LogP contribution >= 0.6 is 0 Å². The van der Waals surface area contributed by atoms with Crippen molar-refractivity contribution in [1.82, 2.24) is 35.2 Å². The third-order valence-corrected chi connectivity index (χ3v) is 8.84. The molecule has 3 heterocycles. The standard InChI is InChI=1S/C21H24N6O.C16H19N3O2.CH4.K.H/c1-21(2,3)15-10-13(12-5-6-12)9-14-17(15)26-19(27-18(14)22)20(28)25-11-16-23-7-4-8-24-16;1-16(2,3)11-7-9(8-4-5-8)6-10-12(11)18-14(15(20)21)19-13(10)17;;;/h4,7-10,12H,5-6,11H2,1-3H3,(H,25,28)(H2,22,26,27);6-8H,4-5H2,1-3H3,(H,20,21)(H2,17,18,19);1H4;;/q;;;+1;-1. The Hall–Kier alpha value is -3.62. The molecular weight excluding hydrogens is 670 g/mol. The van der Waals surface area contributed by atoms with E-state index in [4.69, 9.17) is 16.6 Å². The number of carbonyl (C=O) groups is 2. The molecule has 264 valence electrons. The van der Waals surface area contributed by atoms with E-state index in [9.17, 15) is 9.59 Å². The number of hydrogen-bond acceptors (Lipinski definition) is 10. The van der Waals surface area contributed by atoms with E-state index in [2.05, 4.69) is 95.0 Å². The molecule has 13 heteroatoms. The summed E-state index contributed by atoms with van der Waals surface area (Å²) < 4.78 is 0. The summed E-state index contributed by atoms with van der Waals surface area (Å²) in [6.45, 7) is 12.9. The Bertz CT molecular complexity index is 2090. The number of aromatic nitrogens is 6. The summed E-state index contributed by atoms with van der Waals surface area (Å²) in [5.74, 6) is 0.545. The molecule has 1 amide bonds. The summed E-state index contributed by atoms with van der Waals surface area (Å²) in [6.07, 6.45) is 8.07. The fourth-order valence-electron chi connectivity index (χ4n) is 5.86. The van der Waals surface area contributed by atoms with Crippen LogP contribution in [0.3, 0.4) is 0 Å². The average molecular weight is 718 g/mol. The molecule has 0 bridgehead atoms. The van der Waals surface area contributed by atoms with Gasteiger partial charge in [-0.05, 0) is 88.8 Å². The minimum atomic E-state index is -1.16. The molecule has 0 aliphatic heterocycles. The molecule has 2 fully saturated rings. The topological polar surface area (TPSA) is 196 Å². The van der Waals surface area contributed by atoms with Crippen LogP contribution in [0, 0.1) is 0 Å². The normalized spacial score (nSPS) is 14.2. The molecule has 51 heavy (non-hydrogen) atoms. The van der Waals surface area contributed by atoms with Crippen molar-refractivity contribution < 1.29 is 67.5 Å². The number of rotatable bonds is 6. The number of hydrogen-bond donors (Lipinski definition) is 4. The summed E-state index contributed by atoms with van der Waals surface area (Å²) >= 11 is 0. The maximum Gasteiger partial charge on any atom is 1.00 e. The molecule has 2 aromatic carbocycles. The summed E-state index contributed by atoms with van der Waals surface area (Å²) in [7, 11) is 0. The first-order valence-electron chi connectivity index (χ1n) is 16.6. The number of fused-ring (bicyclic) bond motifs is 2. The minimum absolute atomic E-state index is 0. The fourth-order valence-corrected chi connectivity index (χ4v) is 5.86. The van der Waals surface area contributed by atoms with Crippen molar-refractivity contribution in [3.8, 4) is 0 Å². The second-order valence-electron chi connectivity index (χ2n) is 15.0. The molecule has 0 radical (unpaired) electrons. The predicted octanol–water partition coefficient (Wildman–Crippen LogP) is 3.94. The van der Waals surface area contributed by atoms with Gasteiger partial charge in [0.2, 0.25) is 11.6 Å². The molecule has 6 N–H and O–H groups in total. The maximum atomic E-state index is 12.6. The van der Waals surface area contributed by atoms with E-state index in [-0.39, 0.29) is 95.1 Å². The Morgan fingerprint density at radius 1 is 0.765 bits per heavy atom. The van der Waals surface area contributed by atoms with Crippen molar-refractivity contribution in [2.24, 2.45) is 0 Å².